The zero-order chi connectivity index (χ0) is 22.2. The summed E-state index contributed by atoms with van der Waals surface area (Å²) < 4.78 is 0. The van der Waals surface area contributed by atoms with Crippen LogP contribution in [0, 0.1) is 11.8 Å². The molecule has 1 unspecified atom stereocenters. The van der Waals surface area contributed by atoms with E-state index in [1.807, 2.05) is 27.7 Å². The lowest BCUT2D eigenvalue weighted by Crippen LogP contribution is -2.41. The molecule has 0 aromatic carbocycles. The standard InChI is InChI=1S/C17H28N2O3.C6H13N/c1-7-8-9-12(13(10(2)3)15(20)21)14-18-16(22)17(6,19-14)11(4)5;7-6-4-2-1-3-5-6/h10-11H,7-9H2,1-6H3,(H,20,21)(H,18,19,22);6H,1-5,7H2. The number of rotatable bonds is 7. The molecule has 4 N–H and O–H groups in total. The van der Waals surface area contributed by atoms with E-state index in [0.29, 0.717) is 29.4 Å². The smallest absolute Gasteiger partial charge is 0.332 e. The van der Waals surface area contributed by atoms with Crippen molar-refractivity contribution in [2.45, 2.75) is 104 Å². The first-order valence-electron chi connectivity index (χ1n) is 11.2. The number of carboxylic acids is 1. The molecule has 1 aliphatic heterocycles. The molecule has 166 valence electrons. The van der Waals surface area contributed by atoms with E-state index in [1.54, 1.807) is 6.92 Å². The van der Waals surface area contributed by atoms with Gasteiger partial charge in [-0.1, -0.05) is 60.3 Å². The molecule has 1 fully saturated rings. The number of amides is 1. The molecule has 1 aliphatic carbocycles. The average Bonchev–Trinajstić information content (AvgIpc) is 2.95. The van der Waals surface area contributed by atoms with E-state index >= 15 is 0 Å². The van der Waals surface area contributed by atoms with Crippen LogP contribution in [0.1, 0.15) is 92.9 Å². The number of unbranched alkanes of at least 4 members (excludes halogenated alkanes) is 1. The average molecular weight is 408 g/mol. The van der Waals surface area contributed by atoms with Gasteiger partial charge in [0.2, 0.25) is 0 Å². The van der Waals surface area contributed by atoms with E-state index in [1.165, 1.54) is 32.1 Å². The number of nitrogens with one attached hydrogen (secondary N) is 1. The van der Waals surface area contributed by atoms with Gasteiger partial charge in [-0.25, -0.2) is 4.79 Å². The predicted molar refractivity (Wildman–Crippen MR) is 119 cm³/mol. The number of amidine groups is 1. The Morgan fingerprint density at radius 1 is 1.24 bits per heavy atom. The largest absolute Gasteiger partial charge is 0.478 e. The summed E-state index contributed by atoms with van der Waals surface area (Å²) in [6.07, 6.45) is 9.10. The Hall–Kier alpha value is -1.69. The van der Waals surface area contributed by atoms with Crippen molar-refractivity contribution >= 4 is 17.7 Å². The van der Waals surface area contributed by atoms with Crippen molar-refractivity contribution in [1.82, 2.24) is 5.32 Å². The van der Waals surface area contributed by atoms with Crippen LogP contribution in [-0.4, -0.2) is 34.4 Å². The Kier molecular flexibility index (Phi) is 10.0. The number of carbonyl (C=O) groups excluding carboxylic acids is 1. The molecular weight excluding hydrogens is 366 g/mol. The summed E-state index contributed by atoms with van der Waals surface area (Å²) in [6.45, 7) is 11.5. The second-order valence-electron chi connectivity index (χ2n) is 9.07. The van der Waals surface area contributed by atoms with E-state index < -0.39 is 11.5 Å². The van der Waals surface area contributed by atoms with Crippen LogP contribution in [0.5, 0.6) is 0 Å². The number of hydrogen-bond acceptors (Lipinski definition) is 4. The molecule has 0 spiro atoms. The molecule has 0 aromatic rings. The van der Waals surface area contributed by atoms with Crippen molar-refractivity contribution in [2.24, 2.45) is 22.6 Å². The minimum absolute atomic E-state index is 0.0461. The first-order valence-corrected chi connectivity index (χ1v) is 11.2. The van der Waals surface area contributed by atoms with E-state index in [0.717, 1.165) is 12.8 Å². The molecule has 1 heterocycles. The van der Waals surface area contributed by atoms with Crippen molar-refractivity contribution in [3.63, 3.8) is 0 Å². The second-order valence-corrected chi connectivity index (χ2v) is 9.07. The van der Waals surface area contributed by atoms with Crippen LogP contribution in [0.4, 0.5) is 0 Å². The Labute approximate surface area is 176 Å². The van der Waals surface area contributed by atoms with Crippen LogP contribution >= 0.6 is 0 Å². The maximum Gasteiger partial charge on any atom is 0.332 e. The highest BCUT2D eigenvalue weighted by Gasteiger charge is 2.43. The van der Waals surface area contributed by atoms with Gasteiger partial charge >= 0.3 is 5.97 Å². The maximum atomic E-state index is 12.3. The minimum Gasteiger partial charge on any atom is -0.478 e. The molecule has 0 bridgehead atoms. The Balaban J connectivity index is 0.000000502. The summed E-state index contributed by atoms with van der Waals surface area (Å²) in [5.74, 6) is -0.725. The van der Waals surface area contributed by atoms with Gasteiger partial charge in [-0.05, 0) is 44.4 Å². The lowest BCUT2D eigenvalue weighted by Gasteiger charge is -2.21. The molecule has 29 heavy (non-hydrogen) atoms. The van der Waals surface area contributed by atoms with Crippen LogP contribution in [-0.2, 0) is 9.59 Å². The minimum atomic E-state index is -0.934. The second kappa shape index (κ2) is 11.5. The zero-order valence-electron chi connectivity index (χ0n) is 19.2. The highest BCUT2D eigenvalue weighted by atomic mass is 16.4. The van der Waals surface area contributed by atoms with Crippen molar-refractivity contribution in [3.8, 4) is 0 Å². The lowest BCUT2D eigenvalue weighted by molar-refractivity contribution is -0.133. The van der Waals surface area contributed by atoms with Crippen molar-refractivity contribution in [3.05, 3.63) is 11.1 Å². The number of nitrogens with two attached hydrogens (primary N) is 1. The maximum absolute atomic E-state index is 12.3. The van der Waals surface area contributed by atoms with Gasteiger partial charge in [0.05, 0.1) is 0 Å². The molecule has 1 saturated carbocycles. The number of carbonyl (C=O) groups is 2. The summed E-state index contributed by atoms with van der Waals surface area (Å²) in [7, 11) is 0. The number of hydrogen-bond donors (Lipinski definition) is 3. The number of nitrogens with zero attached hydrogens (tertiary/aromatic N) is 1. The zero-order valence-corrected chi connectivity index (χ0v) is 19.2. The van der Waals surface area contributed by atoms with Gasteiger partial charge in [0, 0.05) is 17.2 Å². The number of aliphatic carboxylic acids is 1. The van der Waals surface area contributed by atoms with Gasteiger partial charge in [0.1, 0.15) is 11.4 Å². The van der Waals surface area contributed by atoms with Crippen LogP contribution in [0.15, 0.2) is 16.1 Å². The third kappa shape index (κ3) is 6.95. The van der Waals surface area contributed by atoms with Gasteiger partial charge < -0.3 is 16.2 Å². The number of aliphatic imine (C=N–C) groups is 1. The molecule has 0 radical (unpaired) electrons. The lowest BCUT2D eigenvalue weighted by atomic mass is 9.89. The van der Waals surface area contributed by atoms with Crippen molar-refractivity contribution in [2.75, 3.05) is 0 Å². The van der Waals surface area contributed by atoms with Gasteiger partial charge in [0.15, 0.2) is 0 Å². The van der Waals surface area contributed by atoms with Gasteiger partial charge in [-0.15, -0.1) is 0 Å². The number of carboxylic acid groups (broad SMARTS) is 1. The fourth-order valence-electron chi connectivity index (χ4n) is 3.67. The van der Waals surface area contributed by atoms with E-state index in [9.17, 15) is 14.7 Å². The summed E-state index contributed by atoms with van der Waals surface area (Å²) in [5.41, 5.74) is 5.82. The molecule has 1 amide bonds. The first kappa shape index (κ1) is 25.3. The first-order chi connectivity index (χ1) is 13.5. The van der Waals surface area contributed by atoms with Crippen LogP contribution < -0.4 is 11.1 Å². The summed E-state index contributed by atoms with van der Waals surface area (Å²) in [5, 5.41) is 12.4. The topological polar surface area (TPSA) is 105 Å². The van der Waals surface area contributed by atoms with Crippen LogP contribution in [0.25, 0.3) is 0 Å². The SMILES string of the molecule is CCCCC(C1=NC(C)(C(C)C)C(=O)N1)=C(C(=O)O)C(C)C.NC1CCCCC1. The Morgan fingerprint density at radius 2 is 1.83 bits per heavy atom. The molecular formula is C23H41N3O3. The van der Waals surface area contributed by atoms with Gasteiger partial charge in [-0.2, -0.15) is 0 Å². The van der Waals surface area contributed by atoms with Gasteiger partial charge in [-0.3, -0.25) is 9.79 Å². The normalized spacial score (nSPS) is 23.3. The predicted octanol–water partition coefficient (Wildman–Crippen LogP) is 4.43. The van der Waals surface area contributed by atoms with Crippen LogP contribution in [0.3, 0.4) is 0 Å². The fourth-order valence-corrected chi connectivity index (χ4v) is 3.67. The third-order valence-electron chi connectivity index (χ3n) is 6.01. The summed E-state index contributed by atoms with van der Waals surface area (Å²) in [4.78, 5) is 28.5. The van der Waals surface area contributed by atoms with E-state index in [2.05, 4.69) is 17.2 Å². The van der Waals surface area contributed by atoms with Crippen LogP contribution in [0.2, 0.25) is 0 Å². The molecule has 6 nitrogen and oxygen atoms in total. The third-order valence-corrected chi connectivity index (χ3v) is 6.01. The Bertz CT molecular complexity index is 631. The molecule has 2 aliphatic rings. The molecule has 1 atom stereocenters. The molecule has 0 aromatic heterocycles. The van der Waals surface area contributed by atoms with Crippen molar-refractivity contribution in [1.29, 1.82) is 0 Å². The van der Waals surface area contributed by atoms with E-state index in [4.69, 9.17) is 5.73 Å². The van der Waals surface area contributed by atoms with Gasteiger partial charge in [0.25, 0.3) is 5.91 Å². The monoisotopic (exact) mass is 407 g/mol. The van der Waals surface area contributed by atoms with E-state index in [-0.39, 0.29) is 17.7 Å². The quantitative estimate of drug-likeness (QED) is 0.543. The molecule has 6 heteroatoms. The fraction of sp³-hybridized carbons (Fsp3) is 0.783. The summed E-state index contributed by atoms with van der Waals surface area (Å²) in [6, 6.07) is 0.536. The molecule has 0 saturated heterocycles. The molecule has 2 rings (SSSR count). The van der Waals surface area contributed by atoms with Crippen molar-refractivity contribution < 1.29 is 14.7 Å². The highest BCUT2D eigenvalue weighted by molar-refractivity contribution is 6.17. The summed E-state index contributed by atoms with van der Waals surface area (Å²) >= 11 is 0. The Morgan fingerprint density at radius 3 is 2.17 bits per heavy atom. The highest BCUT2D eigenvalue weighted by Crippen LogP contribution is 2.30.